The zero-order valence-corrected chi connectivity index (χ0v) is 19.6. The van der Waals surface area contributed by atoms with Gasteiger partial charge in [-0.25, -0.2) is 0 Å². The van der Waals surface area contributed by atoms with Crippen LogP contribution in [0.3, 0.4) is 0 Å². The number of benzene rings is 1. The Morgan fingerprint density at radius 3 is 2.56 bits per heavy atom. The molecule has 0 saturated heterocycles. The second-order valence-corrected chi connectivity index (χ2v) is 6.90. The Bertz CT molecular complexity index is 577. The monoisotopic (exact) mass is 490 g/mol. The number of guanidine groups is 1. The van der Waals surface area contributed by atoms with Crippen molar-refractivity contribution in [3.05, 3.63) is 35.4 Å². The molecule has 0 radical (unpaired) electrons. The van der Waals surface area contributed by atoms with Gasteiger partial charge in [0, 0.05) is 53.0 Å². The van der Waals surface area contributed by atoms with Crippen molar-refractivity contribution in [3.63, 3.8) is 0 Å². The molecule has 1 aromatic rings. The van der Waals surface area contributed by atoms with Crippen molar-refractivity contribution < 1.29 is 9.53 Å². The molecule has 0 fully saturated rings. The fourth-order valence-electron chi connectivity index (χ4n) is 2.36. The molecule has 6 nitrogen and oxygen atoms in total. The lowest BCUT2D eigenvalue weighted by atomic mass is 10.1. The number of hydrogen-bond donors (Lipinski definition) is 2. The molecule has 0 bridgehead atoms. The maximum Gasteiger partial charge on any atom is 0.253 e. The highest BCUT2D eigenvalue weighted by atomic mass is 127. The van der Waals surface area contributed by atoms with E-state index in [0.717, 1.165) is 56.2 Å². The van der Waals surface area contributed by atoms with Crippen LogP contribution in [0, 0.1) is 5.92 Å². The molecular weight excluding hydrogens is 455 g/mol. The minimum atomic E-state index is 0. The van der Waals surface area contributed by atoms with Gasteiger partial charge in [-0.3, -0.25) is 9.79 Å². The van der Waals surface area contributed by atoms with Gasteiger partial charge in [-0.15, -0.1) is 24.0 Å². The predicted molar refractivity (Wildman–Crippen MR) is 123 cm³/mol. The van der Waals surface area contributed by atoms with Crippen molar-refractivity contribution >= 4 is 35.8 Å². The van der Waals surface area contributed by atoms with Gasteiger partial charge in [-0.2, -0.15) is 0 Å². The fraction of sp³-hybridized carbons (Fsp3) is 0.600. The Morgan fingerprint density at radius 1 is 1.22 bits per heavy atom. The summed E-state index contributed by atoms with van der Waals surface area (Å²) in [7, 11) is 5.29. The van der Waals surface area contributed by atoms with Crippen LogP contribution in [-0.2, 0) is 11.2 Å². The van der Waals surface area contributed by atoms with Gasteiger partial charge >= 0.3 is 0 Å². The SMILES string of the molecule is CN=C(NCCCOCC(C)C)NCCc1cccc(C(=O)N(C)C)c1.I. The normalized spacial score (nSPS) is 11.1. The van der Waals surface area contributed by atoms with Crippen molar-refractivity contribution in [1.82, 2.24) is 15.5 Å². The zero-order valence-electron chi connectivity index (χ0n) is 17.2. The lowest BCUT2D eigenvalue weighted by Gasteiger charge is -2.13. The summed E-state index contributed by atoms with van der Waals surface area (Å²) in [4.78, 5) is 17.8. The van der Waals surface area contributed by atoms with E-state index < -0.39 is 0 Å². The van der Waals surface area contributed by atoms with E-state index in [4.69, 9.17) is 4.74 Å². The van der Waals surface area contributed by atoms with Gasteiger partial charge in [-0.05, 0) is 36.5 Å². The van der Waals surface area contributed by atoms with Crippen LogP contribution < -0.4 is 10.6 Å². The lowest BCUT2D eigenvalue weighted by Crippen LogP contribution is -2.39. The van der Waals surface area contributed by atoms with E-state index >= 15 is 0 Å². The van der Waals surface area contributed by atoms with E-state index in [-0.39, 0.29) is 29.9 Å². The number of ether oxygens (including phenoxy) is 1. The molecule has 0 spiro atoms. The summed E-state index contributed by atoms with van der Waals surface area (Å²) in [5.74, 6) is 1.38. The van der Waals surface area contributed by atoms with Gasteiger partial charge < -0.3 is 20.3 Å². The first kappa shape index (κ1) is 25.6. The number of carbonyl (C=O) groups excluding carboxylic acids is 1. The van der Waals surface area contributed by atoms with E-state index in [9.17, 15) is 4.79 Å². The fourth-order valence-corrected chi connectivity index (χ4v) is 2.36. The molecule has 0 aliphatic heterocycles. The molecule has 2 N–H and O–H groups in total. The molecule has 1 rings (SSSR count). The number of halogens is 1. The summed E-state index contributed by atoms with van der Waals surface area (Å²) in [5.41, 5.74) is 1.85. The number of carbonyl (C=O) groups is 1. The second-order valence-electron chi connectivity index (χ2n) is 6.90. The highest BCUT2D eigenvalue weighted by Gasteiger charge is 2.08. The topological polar surface area (TPSA) is 66.0 Å². The number of hydrogen-bond acceptors (Lipinski definition) is 3. The third-order valence-corrected chi connectivity index (χ3v) is 3.72. The number of rotatable bonds is 10. The Hall–Kier alpha value is -1.35. The number of aliphatic imine (C=N–C) groups is 1. The summed E-state index contributed by atoms with van der Waals surface area (Å²) in [5, 5.41) is 6.59. The van der Waals surface area contributed by atoms with Crippen LogP contribution in [0.2, 0.25) is 0 Å². The summed E-state index contributed by atoms with van der Waals surface area (Å²) in [6.07, 6.45) is 1.77. The standard InChI is InChI=1S/C20H34N4O2.HI/c1-16(2)15-26-13-7-11-22-20(21-3)23-12-10-17-8-6-9-18(14-17)19(25)24(4)5;/h6,8-9,14,16H,7,10-13,15H2,1-5H3,(H2,21,22,23);1H. The first-order valence-corrected chi connectivity index (χ1v) is 9.27. The molecule has 27 heavy (non-hydrogen) atoms. The number of nitrogens with zero attached hydrogens (tertiary/aromatic N) is 2. The summed E-state index contributed by atoms with van der Waals surface area (Å²) >= 11 is 0. The van der Waals surface area contributed by atoms with E-state index in [2.05, 4.69) is 29.5 Å². The Balaban J connectivity index is 0.00000676. The van der Waals surface area contributed by atoms with Crippen molar-refractivity contribution in [2.75, 3.05) is 47.4 Å². The van der Waals surface area contributed by atoms with Crippen LogP contribution >= 0.6 is 24.0 Å². The Kier molecular flexibility index (Phi) is 13.9. The van der Waals surface area contributed by atoms with Crippen LogP contribution in [0.1, 0.15) is 36.2 Å². The number of amides is 1. The molecule has 7 heteroatoms. The van der Waals surface area contributed by atoms with Crippen molar-refractivity contribution in [3.8, 4) is 0 Å². The highest BCUT2D eigenvalue weighted by Crippen LogP contribution is 2.07. The molecule has 1 aromatic carbocycles. The molecule has 1 amide bonds. The van der Waals surface area contributed by atoms with E-state index in [0.29, 0.717) is 5.92 Å². The maximum absolute atomic E-state index is 12.0. The minimum Gasteiger partial charge on any atom is -0.381 e. The van der Waals surface area contributed by atoms with Crippen LogP contribution in [-0.4, -0.2) is 64.2 Å². The van der Waals surface area contributed by atoms with Gasteiger partial charge in [0.05, 0.1) is 0 Å². The Labute approximate surface area is 181 Å². The van der Waals surface area contributed by atoms with Crippen molar-refractivity contribution in [2.24, 2.45) is 10.9 Å². The molecule has 154 valence electrons. The van der Waals surface area contributed by atoms with Gasteiger partial charge in [0.25, 0.3) is 5.91 Å². The van der Waals surface area contributed by atoms with Crippen LogP contribution in [0.5, 0.6) is 0 Å². The van der Waals surface area contributed by atoms with Crippen molar-refractivity contribution in [1.29, 1.82) is 0 Å². The van der Waals surface area contributed by atoms with Gasteiger partial charge in [0.15, 0.2) is 5.96 Å². The average Bonchev–Trinajstić information content (AvgIpc) is 2.62. The van der Waals surface area contributed by atoms with Crippen LogP contribution in [0.15, 0.2) is 29.3 Å². The van der Waals surface area contributed by atoms with Crippen LogP contribution in [0.4, 0.5) is 0 Å². The molecule has 0 aromatic heterocycles. The average molecular weight is 490 g/mol. The summed E-state index contributed by atoms with van der Waals surface area (Å²) in [6, 6.07) is 7.76. The molecule has 0 atom stereocenters. The number of nitrogens with one attached hydrogen (secondary N) is 2. The molecule has 0 unspecified atom stereocenters. The van der Waals surface area contributed by atoms with Gasteiger partial charge in [0.2, 0.25) is 0 Å². The summed E-state index contributed by atoms with van der Waals surface area (Å²) < 4.78 is 5.57. The quantitative estimate of drug-likeness (QED) is 0.229. The third-order valence-electron chi connectivity index (χ3n) is 3.72. The van der Waals surface area contributed by atoms with Crippen molar-refractivity contribution in [2.45, 2.75) is 26.7 Å². The zero-order chi connectivity index (χ0) is 19.4. The van der Waals surface area contributed by atoms with Crippen LogP contribution in [0.25, 0.3) is 0 Å². The minimum absolute atomic E-state index is 0. The van der Waals surface area contributed by atoms with E-state index in [1.54, 1.807) is 26.0 Å². The lowest BCUT2D eigenvalue weighted by molar-refractivity contribution is 0.0827. The molecule has 0 aliphatic rings. The first-order valence-electron chi connectivity index (χ1n) is 9.27. The van der Waals surface area contributed by atoms with Gasteiger partial charge in [-0.1, -0.05) is 26.0 Å². The largest absolute Gasteiger partial charge is 0.381 e. The predicted octanol–water partition coefficient (Wildman–Crippen LogP) is 2.78. The second kappa shape index (κ2) is 14.7. The third kappa shape index (κ3) is 11.2. The Morgan fingerprint density at radius 2 is 1.93 bits per heavy atom. The maximum atomic E-state index is 12.0. The van der Waals surface area contributed by atoms with E-state index in [1.807, 2.05) is 24.3 Å². The molecular formula is C20H35IN4O2. The highest BCUT2D eigenvalue weighted by molar-refractivity contribution is 14.0. The molecule has 0 aliphatic carbocycles. The van der Waals surface area contributed by atoms with E-state index in [1.165, 1.54) is 0 Å². The summed E-state index contributed by atoms with van der Waals surface area (Å²) in [6.45, 7) is 7.44. The molecule has 0 saturated carbocycles. The molecule has 0 heterocycles. The first-order chi connectivity index (χ1) is 12.4. The van der Waals surface area contributed by atoms with Gasteiger partial charge in [0.1, 0.15) is 0 Å². The smallest absolute Gasteiger partial charge is 0.253 e.